The summed E-state index contributed by atoms with van der Waals surface area (Å²) in [5, 5.41) is 3.40. The molecule has 2 atom stereocenters. The van der Waals surface area contributed by atoms with Crippen LogP contribution in [0.3, 0.4) is 0 Å². The third-order valence-electron chi connectivity index (χ3n) is 4.61. The fraction of sp³-hybridized carbons (Fsp3) is 0.929. The van der Waals surface area contributed by atoms with Crippen molar-refractivity contribution in [3.8, 4) is 0 Å². The largest absolute Gasteiger partial charge is 0.381 e. The molecule has 2 rings (SSSR count). The van der Waals surface area contributed by atoms with Gasteiger partial charge in [0.15, 0.2) is 0 Å². The zero-order chi connectivity index (χ0) is 13.3. The second kappa shape index (κ2) is 5.17. The van der Waals surface area contributed by atoms with Gasteiger partial charge in [0.25, 0.3) is 0 Å². The molecule has 18 heavy (non-hydrogen) atoms. The second-order valence-corrected chi connectivity index (χ2v) is 6.13. The van der Waals surface area contributed by atoms with Crippen molar-refractivity contribution in [1.82, 2.24) is 10.2 Å². The van der Waals surface area contributed by atoms with Crippen LogP contribution in [-0.4, -0.2) is 49.2 Å². The second-order valence-electron chi connectivity index (χ2n) is 6.13. The van der Waals surface area contributed by atoms with Gasteiger partial charge < -0.3 is 15.0 Å². The molecule has 0 heterocycles. The van der Waals surface area contributed by atoms with Crippen LogP contribution >= 0.6 is 0 Å². The van der Waals surface area contributed by atoms with Gasteiger partial charge in [-0.25, -0.2) is 0 Å². The van der Waals surface area contributed by atoms with E-state index in [9.17, 15) is 4.79 Å². The van der Waals surface area contributed by atoms with Crippen molar-refractivity contribution in [2.24, 2.45) is 5.41 Å². The Labute approximate surface area is 110 Å². The molecular formula is C14H26N2O2. The summed E-state index contributed by atoms with van der Waals surface area (Å²) in [4.78, 5) is 14.1. The van der Waals surface area contributed by atoms with Gasteiger partial charge in [0.2, 0.25) is 5.91 Å². The van der Waals surface area contributed by atoms with Crippen molar-refractivity contribution < 1.29 is 9.53 Å². The Hall–Kier alpha value is -0.610. The number of likely N-dealkylation sites (N-methyl/N-ethyl adjacent to an activating group) is 1. The van der Waals surface area contributed by atoms with Crippen LogP contribution in [0.2, 0.25) is 0 Å². The molecule has 0 aromatic heterocycles. The Balaban J connectivity index is 1.76. The number of carbonyl (C=O) groups excluding carboxylic acids is 1. The Kier molecular flexibility index (Phi) is 3.97. The standard InChI is InChI=1S/C14H26N2O2/c1-5-16(10-6-7-10)13(17)9-15-11-8-12(18-4)14(11,2)3/h10-12,15H,5-9H2,1-4H3. The van der Waals surface area contributed by atoms with Crippen molar-refractivity contribution in [3.63, 3.8) is 0 Å². The first kappa shape index (κ1) is 13.8. The van der Waals surface area contributed by atoms with Crippen molar-refractivity contribution >= 4 is 5.91 Å². The van der Waals surface area contributed by atoms with Crippen molar-refractivity contribution in [2.45, 2.75) is 58.2 Å². The van der Waals surface area contributed by atoms with E-state index in [0.29, 0.717) is 24.7 Å². The van der Waals surface area contributed by atoms with E-state index in [1.54, 1.807) is 7.11 Å². The molecular weight excluding hydrogens is 228 g/mol. The molecule has 0 spiro atoms. The first-order valence-electron chi connectivity index (χ1n) is 7.06. The molecule has 2 aliphatic carbocycles. The van der Waals surface area contributed by atoms with Crippen LogP contribution < -0.4 is 5.32 Å². The zero-order valence-electron chi connectivity index (χ0n) is 12.0. The number of ether oxygens (including phenoxy) is 1. The highest BCUT2D eigenvalue weighted by Gasteiger charge is 2.48. The molecule has 0 bridgehead atoms. The number of methoxy groups -OCH3 is 1. The SMILES string of the molecule is CCN(C(=O)CNC1CC(OC)C1(C)C)C1CC1. The summed E-state index contributed by atoms with van der Waals surface area (Å²) in [5.41, 5.74) is 0.131. The third kappa shape index (κ3) is 2.54. The molecule has 2 fully saturated rings. The van der Waals surface area contributed by atoms with E-state index >= 15 is 0 Å². The van der Waals surface area contributed by atoms with E-state index < -0.39 is 0 Å². The predicted molar refractivity (Wildman–Crippen MR) is 71.4 cm³/mol. The first-order chi connectivity index (χ1) is 8.50. The first-order valence-corrected chi connectivity index (χ1v) is 7.06. The summed E-state index contributed by atoms with van der Waals surface area (Å²) in [6, 6.07) is 0.912. The van der Waals surface area contributed by atoms with Crippen LogP contribution in [0.5, 0.6) is 0 Å². The number of nitrogens with one attached hydrogen (secondary N) is 1. The average Bonchev–Trinajstić information content (AvgIpc) is 3.13. The quantitative estimate of drug-likeness (QED) is 0.779. The monoisotopic (exact) mass is 254 g/mol. The molecule has 2 unspecified atom stereocenters. The minimum absolute atomic E-state index is 0.131. The van der Waals surface area contributed by atoms with E-state index in [2.05, 4.69) is 26.1 Å². The molecule has 0 aromatic carbocycles. The summed E-state index contributed by atoms with van der Waals surface area (Å²) >= 11 is 0. The maximum atomic E-state index is 12.1. The molecule has 1 N–H and O–H groups in total. The minimum atomic E-state index is 0.131. The van der Waals surface area contributed by atoms with E-state index in [4.69, 9.17) is 4.74 Å². The van der Waals surface area contributed by atoms with Gasteiger partial charge in [-0.3, -0.25) is 4.79 Å². The van der Waals surface area contributed by atoms with E-state index in [-0.39, 0.29) is 11.3 Å². The smallest absolute Gasteiger partial charge is 0.236 e. The van der Waals surface area contributed by atoms with Gasteiger partial charge in [-0.05, 0) is 26.2 Å². The summed E-state index contributed by atoms with van der Waals surface area (Å²) in [5.74, 6) is 0.247. The van der Waals surface area contributed by atoms with E-state index in [1.807, 2.05) is 4.90 Å². The fourth-order valence-corrected chi connectivity index (χ4v) is 2.97. The molecule has 0 radical (unpaired) electrons. The molecule has 1 amide bonds. The minimum Gasteiger partial charge on any atom is -0.381 e. The molecule has 2 saturated carbocycles. The Morgan fingerprint density at radius 1 is 1.44 bits per heavy atom. The number of nitrogens with zero attached hydrogens (tertiary/aromatic N) is 1. The highest BCUT2D eigenvalue weighted by molar-refractivity contribution is 5.79. The van der Waals surface area contributed by atoms with Crippen LogP contribution in [0.25, 0.3) is 0 Å². The van der Waals surface area contributed by atoms with Crippen LogP contribution in [0.15, 0.2) is 0 Å². The molecule has 4 nitrogen and oxygen atoms in total. The van der Waals surface area contributed by atoms with Gasteiger partial charge in [-0.1, -0.05) is 13.8 Å². The summed E-state index contributed by atoms with van der Waals surface area (Å²) < 4.78 is 5.42. The molecule has 2 aliphatic rings. The van der Waals surface area contributed by atoms with Crippen molar-refractivity contribution in [2.75, 3.05) is 20.2 Å². The Bertz CT molecular complexity index is 313. The van der Waals surface area contributed by atoms with Gasteiger partial charge in [-0.15, -0.1) is 0 Å². The molecule has 0 aromatic rings. The maximum Gasteiger partial charge on any atom is 0.236 e. The Morgan fingerprint density at radius 3 is 2.56 bits per heavy atom. The van der Waals surface area contributed by atoms with Gasteiger partial charge >= 0.3 is 0 Å². The van der Waals surface area contributed by atoms with E-state index in [1.165, 1.54) is 12.8 Å². The van der Waals surface area contributed by atoms with Gasteiger partial charge in [-0.2, -0.15) is 0 Å². The number of hydrogen-bond donors (Lipinski definition) is 1. The van der Waals surface area contributed by atoms with Gasteiger partial charge in [0.05, 0.1) is 12.6 Å². The van der Waals surface area contributed by atoms with Crippen LogP contribution in [0, 0.1) is 5.41 Å². The lowest BCUT2D eigenvalue weighted by Gasteiger charge is -2.51. The third-order valence-corrected chi connectivity index (χ3v) is 4.61. The van der Waals surface area contributed by atoms with Crippen molar-refractivity contribution in [3.05, 3.63) is 0 Å². The zero-order valence-corrected chi connectivity index (χ0v) is 12.0. The van der Waals surface area contributed by atoms with Gasteiger partial charge in [0.1, 0.15) is 0 Å². The van der Waals surface area contributed by atoms with Crippen LogP contribution in [0.4, 0.5) is 0 Å². The number of carbonyl (C=O) groups is 1. The molecule has 0 aliphatic heterocycles. The number of amides is 1. The Morgan fingerprint density at radius 2 is 2.11 bits per heavy atom. The fourth-order valence-electron chi connectivity index (χ4n) is 2.97. The topological polar surface area (TPSA) is 41.6 Å². The highest BCUT2D eigenvalue weighted by Crippen LogP contribution is 2.42. The average molecular weight is 254 g/mol. The van der Waals surface area contributed by atoms with Crippen molar-refractivity contribution in [1.29, 1.82) is 0 Å². The molecule has 0 saturated heterocycles. The molecule has 104 valence electrons. The summed E-state index contributed by atoms with van der Waals surface area (Å²) in [6.07, 6.45) is 3.68. The number of hydrogen-bond acceptors (Lipinski definition) is 3. The maximum absolute atomic E-state index is 12.1. The predicted octanol–water partition coefficient (Wildman–Crippen LogP) is 1.40. The lowest BCUT2D eigenvalue weighted by atomic mass is 9.64. The van der Waals surface area contributed by atoms with Gasteiger partial charge in [0, 0.05) is 31.2 Å². The highest BCUT2D eigenvalue weighted by atomic mass is 16.5. The summed E-state index contributed by atoms with van der Waals surface area (Å²) in [6.45, 7) is 7.76. The molecule has 4 heteroatoms. The lowest BCUT2D eigenvalue weighted by Crippen LogP contribution is -2.61. The number of rotatable bonds is 6. The normalized spacial score (nSPS) is 29.8. The van der Waals surface area contributed by atoms with Crippen LogP contribution in [-0.2, 0) is 9.53 Å². The van der Waals surface area contributed by atoms with E-state index in [0.717, 1.165) is 13.0 Å². The lowest BCUT2D eigenvalue weighted by molar-refractivity contribution is -0.133. The summed E-state index contributed by atoms with van der Waals surface area (Å²) in [7, 11) is 1.76. The van der Waals surface area contributed by atoms with Crippen LogP contribution in [0.1, 0.15) is 40.0 Å².